The number of carbonyl (C=O) groups is 1. The number of β-amino-alcohol motifs (C(OH)–C–C–N with tert-alkyl or cyclic N) is 1. The minimum atomic E-state index is -0.543. The van der Waals surface area contributed by atoms with Gasteiger partial charge in [-0.2, -0.15) is 0 Å². The monoisotopic (exact) mass is 509 g/mol. The molecule has 0 bridgehead atoms. The van der Waals surface area contributed by atoms with Gasteiger partial charge in [0.1, 0.15) is 11.5 Å². The second-order valence-corrected chi connectivity index (χ2v) is 10.5. The van der Waals surface area contributed by atoms with E-state index in [4.69, 9.17) is 14.2 Å². The Hall–Kier alpha value is -2.49. The number of piperazine rings is 1. The Labute approximate surface area is 219 Å². The van der Waals surface area contributed by atoms with Crippen LogP contribution in [0, 0.1) is 0 Å². The van der Waals surface area contributed by atoms with Crippen LogP contribution in [-0.2, 0) is 20.8 Å². The smallest absolute Gasteiger partial charge is 0.225 e. The molecule has 1 N–H and O–H groups in total. The number of hydrogen-bond acceptors (Lipinski definition) is 7. The number of carbonyl (C=O) groups excluding carboxylic acids is 1. The number of ether oxygens (including phenoxy) is 3. The summed E-state index contributed by atoms with van der Waals surface area (Å²) in [5.74, 6) is 1.79. The Balaban J connectivity index is 1.20. The maximum Gasteiger partial charge on any atom is 0.225 e. The molecule has 3 saturated heterocycles. The molecule has 2 aromatic carbocycles. The standard InChI is InChI=1S/C29H39N3O5/c1-30-13-15-31(16-14-30)29(34)17-26-11-12-27-28(37-26)21-35-20-23(33)19-32(27)18-22-7-9-25(10-8-22)36-24-5-3-2-4-6-24/h2-10,23,26-28,33H,11-21H2,1H3/t23-,26+,27-,28+/m1/s1. The Morgan fingerprint density at radius 3 is 2.46 bits per heavy atom. The molecule has 0 aromatic heterocycles. The lowest BCUT2D eigenvalue weighted by Crippen LogP contribution is -2.55. The zero-order valence-corrected chi connectivity index (χ0v) is 21.7. The number of para-hydroxylation sites is 1. The minimum absolute atomic E-state index is 0.0855. The zero-order chi connectivity index (χ0) is 25.6. The summed E-state index contributed by atoms with van der Waals surface area (Å²) in [6.07, 6.45) is 1.43. The molecule has 3 heterocycles. The van der Waals surface area contributed by atoms with E-state index in [9.17, 15) is 9.90 Å². The number of amides is 1. The number of benzene rings is 2. The largest absolute Gasteiger partial charge is 0.457 e. The van der Waals surface area contributed by atoms with Gasteiger partial charge in [0.25, 0.3) is 0 Å². The van der Waals surface area contributed by atoms with Crippen molar-refractivity contribution in [3.05, 3.63) is 60.2 Å². The lowest BCUT2D eigenvalue weighted by Gasteiger charge is -2.45. The maximum absolute atomic E-state index is 12.9. The minimum Gasteiger partial charge on any atom is -0.457 e. The van der Waals surface area contributed by atoms with Crippen LogP contribution in [-0.4, -0.2) is 103 Å². The normalized spacial score (nSPS) is 27.7. The third-order valence-corrected chi connectivity index (χ3v) is 7.63. The van der Waals surface area contributed by atoms with E-state index in [2.05, 4.69) is 29.0 Å². The number of likely N-dealkylation sites (N-methyl/N-ethyl adjacent to an activating group) is 1. The molecule has 1 amide bonds. The molecule has 3 aliphatic heterocycles. The van der Waals surface area contributed by atoms with E-state index < -0.39 is 6.10 Å². The molecule has 0 saturated carbocycles. The van der Waals surface area contributed by atoms with Crippen molar-refractivity contribution in [1.82, 2.24) is 14.7 Å². The van der Waals surface area contributed by atoms with Crippen LogP contribution < -0.4 is 4.74 Å². The highest BCUT2D eigenvalue weighted by Crippen LogP contribution is 2.30. The van der Waals surface area contributed by atoms with Crippen LogP contribution >= 0.6 is 0 Å². The highest BCUT2D eigenvalue weighted by molar-refractivity contribution is 5.76. The zero-order valence-electron chi connectivity index (χ0n) is 21.7. The number of rotatable bonds is 6. The lowest BCUT2D eigenvalue weighted by atomic mass is 9.94. The highest BCUT2D eigenvalue weighted by atomic mass is 16.5. The van der Waals surface area contributed by atoms with Crippen molar-refractivity contribution in [3.8, 4) is 11.5 Å². The Morgan fingerprint density at radius 1 is 0.973 bits per heavy atom. The third-order valence-electron chi connectivity index (χ3n) is 7.63. The molecule has 8 heteroatoms. The van der Waals surface area contributed by atoms with Crippen LogP contribution in [0.15, 0.2) is 54.6 Å². The van der Waals surface area contributed by atoms with Crippen molar-refractivity contribution in [2.24, 2.45) is 0 Å². The van der Waals surface area contributed by atoms with Crippen molar-refractivity contribution in [2.45, 2.75) is 50.2 Å². The summed E-state index contributed by atoms with van der Waals surface area (Å²) >= 11 is 0. The van der Waals surface area contributed by atoms with E-state index in [1.807, 2.05) is 47.4 Å². The van der Waals surface area contributed by atoms with E-state index in [0.29, 0.717) is 26.1 Å². The summed E-state index contributed by atoms with van der Waals surface area (Å²) in [6.45, 7) is 5.38. The molecular weight excluding hydrogens is 470 g/mol. The van der Waals surface area contributed by atoms with Gasteiger partial charge in [-0.15, -0.1) is 0 Å². The Kier molecular flexibility index (Phi) is 8.74. The van der Waals surface area contributed by atoms with E-state index >= 15 is 0 Å². The van der Waals surface area contributed by atoms with Crippen LogP contribution in [0.4, 0.5) is 0 Å². The number of aliphatic hydroxyl groups is 1. The van der Waals surface area contributed by atoms with Crippen LogP contribution in [0.25, 0.3) is 0 Å². The molecule has 3 aliphatic rings. The first kappa shape index (κ1) is 26.1. The average molecular weight is 510 g/mol. The quantitative estimate of drug-likeness (QED) is 0.642. The lowest BCUT2D eigenvalue weighted by molar-refractivity contribution is -0.161. The van der Waals surface area contributed by atoms with Crippen LogP contribution in [0.5, 0.6) is 11.5 Å². The predicted octanol–water partition coefficient (Wildman–Crippen LogP) is 2.75. The fourth-order valence-electron chi connectivity index (χ4n) is 5.53. The molecule has 0 aliphatic carbocycles. The first-order valence-electron chi connectivity index (χ1n) is 13.5. The van der Waals surface area contributed by atoms with E-state index in [0.717, 1.165) is 56.1 Å². The second kappa shape index (κ2) is 12.4. The fourth-order valence-corrected chi connectivity index (χ4v) is 5.53. The number of nitrogens with zero attached hydrogens (tertiary/aromatic N) is 3. The number of fused-ring (bicyclic) bond motifs is 1. The fraction of sp³-hybridized carbons (Fsp3) is 0.552. The molecular formula is C29H39N3O5. The van der Waals surface area contributed by atoms with Gasteiger partial charge >= 0.3 is 0 Å². The van der Waals surface area contributed by atoms with Gasteiger partial charge < -0.3 is 29.1 Å². The third kappa shape index (κ3) is 7.09. The van der Waals surface area contributed by atoms with Crippen molar-refractivity contribution in [2.75, 3.05) is 53.0 Å². The number of hydrogen-bond donors (Lipinski definition) is 1. The molecule has 200 valence electrons. The van der Waals surface area contributed by atoms with Gasteiger partial charge in [-0.1, -0.05) is 30.3 Å². The van der Waals surface area contributed by atoms with Crippen LogP contribution in [0.2, 0.25) is 0 Å². The molecule has 0 radical (unpaired) electrons. The van der Waals surface area contributed by atoms with Gasteiger partial charge in [0.15, 0.2) is 0 Å². The molecule has 37 heavy (non-hydrogen) atoms. The SMILES string of the molecule is CN1CCN(C(=O)C[C@@H]2CC[C@@H]3[C@H](COC[C@H](O)CN3Cc3ccc(Oc4ccccc4)cc3)O2)CC1. The summed E-state index contributed by atoms with van der Waals surface area (Å²) < 4.78 is 18.2. The van der Waals surface area contributed by atoms with Gasteiger partial charge in [0.2, 0.25) is 5.91 Å². The molecule has 0 unspecified atom stereocenters. The van der Waals surface area contributed by atoms with Gasteiger partial charge in [-0.3, -0.25) is 9.69 Å². The van der Waals surface area contributed by atoms with Gasteiger partial charge in [-0.25, -0.2) is 0 Å². The molecule has 5 rings (SSSR count). The Morgan fingerprint density at radius 2 is 1.70 bits per heavy atom. The van der Waals surface area contributed by atoms with E-state index in [1.54, 1.807) is 0 Å². The summed E-state index contributed by atoms with van der Waals surface area (Å²) in [5.41, 5.74) is 1.15. The molecule has 8 nitrogen and oxygen atoms in total. The molecule has 3 fully saturated rings. The van der Waals surface area contributed by atoms with Gasteiger partial charge in [0, 0.05) is 45.3 Å². The van der Waals surface area contributed by atoms with E-state index in [-0.39, 0.29) is 30.8 Å². The summed E-state index contributed by atoms with van der Waals surface area (Å²) in [6, 6.07) is 18.0. The Bertz CT molecular complexity index is 996. The van der Waals surface area contributed by atoms with Gasteiger partial charge in [0.05, 0.1) is 37.9 Å². The first-order valence-corrected chi connectivity index (χ1v) is 13.5. The predicted molar refractivity (Wildman–Crippen MR) is 141 cm³/mol. The van der Waals surface area contributed by atoms with Crippen molar-refractivity contribution in [1.29, 1.82) is 0 Å². The van der Waals surface area contributed by atoms with E-state index in [1.165, 1.54) is 0 Å². The molecule has 0 spiro atoms. The summed E-state index contributed by atoms with van der Waals surface area (Å²) in [4.78, 5) is 19.4. The van der Waals surface area contributed by atoms with Crippen LogP contribution in [0.1, 0.15) is 24.8 Å². The summed E-state index contributed by atoms with van der Waals surface area (Å²) in [7, 11) is 2.09. The molecule has 2 aromatic rings. The number of aliphatic hydroxyl groups excluding tert-OH is 1. The van der Waals surface area contributed by atoms with Crippen molar-refractivity contribution < 1.29 is 24.1 Å². The van der Waals surface area contributed by atoms with Crippen molar-refractivity contribution >= 4 is 5.91 Å². The summed E-state index contributed by atoms with van der Waals surface area (Å²) in [5, 5.41) is 10.5. The topological polar surface area (TPSA) is 74.7 Å². The first-order chi connectivity index (χ1) is 18.0. The average Bonchev–Trinajstić information content (AvgIpc) is 2.90. The highest BCUT2D eigenvalue weighted by Gasteiger charge is 2.38. The maximum atomic E-state index is 12.9. The molecule has 4 atom stereocenters. The van der Waals surface area contributed by atoms with Gasteiger partial charge in [-0.05, 0) is 49.7 Å². The second-order valence-electron chi connectivity index (χ2n) is 10.5. The van der Waals surface area contributed by atoms with Crippen LogP contribution in [0.3, 0.4) is 0 Å². The van der Waals surface area contributed by atoms with Crippen molar-refractivity contribution in [3.63, 3.8) is 0 Å².